The molecule has 1 heterocycles. The largest absolute Gasteiger partial charge is 0.310 e. The fourth-order valence-electron chi connectivity index (χ4n) is 1.51. The van der Waals surface area contributed by atoms with Gasteiger partial charge < -0.3 is 4.90 Å². The van der Waals surface area contributed by atoms with E-state index in [2.05, 4.69) is 9.97 Å². The number of non-ortho nitro benzene ring substituents is 1. The van der Waals surface area contributed by atoms with Gasteiger partial charge in [0.1, 0.15) is 10.8 Å². The van der Waals surface area contributed by atoms with Crippen LogP contribution in [0.15, 0.2) is 36.7 Å². The summed E-state index contributed by atoms with van der Waals surface area (Å²) in [4.78, 5) is 31.2. The number of hydrogen-bond donors (Lipinski definition) is 0. The van der Waals surface area contributed by atoms with Crippen LogP contribution in [0.3, 0.4) is 0 Å². The fourth-order valence-corrected chi connectivity index (χ4v) is 1.61. The molecule has 20 heavy (non-hydrogen) atoms. The van der Waals surface area contributed by atoms with Crippen LogP contribution in [0.1, 0.15) is 10.5 Å². The molecule has 0 radical (unpaired) electrons. The molecule has 0 aliphatic heterocycles. The maximum atomic E-state index is 12.1. The summed E-state index contributed by atoms with van der Waals surface area (Å²) in [5.74, 6) is -0.386. The van der Waals surface area contributed by atoms with Gasteiger partial charge in [0.25, 0.3) is 11.6 Å². The third-order valence-corrected chi connectivity index (χ3v) is 2.79. The lowest BCUT2D eigenvalue weighted by Gasteiger charge is -2.16. The van der Waals surface area contributed by atoms with Gasteiger partial charge in [0.05, 0.1) is 17.3 Å². The van der Waals surface area contributed by atoms with Gasteiger partial charge in [0, 0.05) is 24.9 Å². The molecule has 0 saturated carbocycles. The molecule has 0 atom stereocenters. The number of hydrogen-bond acceptors (Lipinski definition) is 5. The number of rotatable bonds is 3. The smallest absolute Gasteiger partial charge is 0.278 e. The quantitative estimate of drug-likeness (QED) is 0.639. The highest BCUT2D eigenvalue weighted by Gasteiger charge is 2.16. The summed E-state index contributed by atoms with van der Waals surface area (Å²) in [6, 6.07) is 5.62. The van der Waals surface area contributed by atoms with Gasteiger partial charge in [-0.15, -0.1) is 0 Å². The molecular formula is C12H9ClN4O3. The second-order valence-electron chi connectivity index (χ2n) is 3.86. The Morgan fingerprint density at radius 1 is 1.25 bits per heavy atom. The molecule has 0 bridgehead atoms. The van der Waals surface area contributed by atoms with Crippen LogP contribution < -0.4 is 4.90 Å². The lowest BCUT2D eigenvalue weighted by molar-refractivity contribution is -0.384. The molecule has 1 aromatic heterocycles. The third-order valence-electron chi connectivity index (χ3n) is 2.59. The molecular weight excluding hydrogens is 284 g/mol. The van der Waals surface area contributed by atoms with Gasteiger partial charge in [0.15, 0.2) is 0 Å². The first-order chi connectivity index (χ1) is 9.49. The highest BCUT2D eigenvalue weighted by Crippen LogP contribution is 2.19. The third kappa shape index (κ3) is 2.89. The van der Waals surface area contributed by atoms with E-state index in [1.165, 1.54) is 41.6 Å². The molecule has 0 aliphatic carbocycles. The number of carbonyl (C=O) groups is 1. The molecule has 1 amide bonds. The summed E-state index contributed by atoms with van der Waals surface area (Å²) in [5.41, 5.74) is 0.605. The van der Waals surface area contributed by atoms with Crippen LogP contribution in [0.25, 0.3) is 0 Å². The highest BCUT2D eigenvalue weighted by atomic mass is 35.5. The Kier molecular flexibility index (Phi) is 3.90. The molecule has 0 fully saturated rings. The van der Waals surface area contributed by atoms with Crippen molar-refractivity contribution in [2.75, 3.05) is 11.9 Å². The van der Waals surface area contributed by atoms with Crippen LogP contribution in [0.5, 0.6) is 0 Å². The molecule has 0 N–H and O–H groups in total. The molecule has 0 spiro atoms. The standard InChI is InChI=1S/C12H9ClN4O3/c1-16(8-2-4-9(5-3-8)17(19)20)12(18)10-6-15-11(13)7-14-10/h2-7H,1H3. The molecule has 2 rings (SSSR count). The molecule has 0 aliphatic rings. The average molecular weight is 293 g/mol. The van der Waals surface area contributed by atoms with Gasteiger partial charge in [-0.05, 0) is 12.1 Å². The molecule has 8 heteroatoms. The van der Waals surface area contributed by atoms with Crippen LogP contribution in [-0.2, 0) is 0 Å². The number of carbonyl (C=O) groups excluding carboxylic acids is 1. The average Bonchev–Trinajstić information content (AvgIpc) is 2.46. The van der Waals surface area contributed by atoms with Gasteiger partial charge in [-0.3, -0.25) is 14.9 Å². The monoisotopic (exact) mass is 292 g/mol. The van der Waals surface area contributed by atoms with Crippen LogP contribution in [0.4, 0.5) is 11.4 Å². The minimum absolute atomic E-state index is 0.0408. The number of aromatic nitrogens is 2. The SMILES string of the molecule is CN(C(=O)c1cnc(Cl)cn1)c1ccc([N+](=O)[O-])cc1. The van der Waals surface area contributed by atoms with Crippen molar-refractivity contribution < 1.29 is 9.72 Å². The van der Waals surface area contributed by atoms with Gasteiger partial charge in [0.2, 0.25) is 0 Å². The number of halogens is 1. The van der Waals surface area contributed by atoms with E-state index in [1.807, 2.05) is 0 Å². The minimum Gasteiger partial charge on any atom is -0.310 e. The van der Waals surface area contributed by atoms with Crippen molar-refractivity contribution >= 4 is 28.9 Å². The zero-order valence-electron chi connectivity index (χ0n) is 10.4. The zero-order valence-corrected chi connectivity index (χ0v) is 11.1. The molecule has 0 saturated heterocycles. The predicted octanol–water partition coefficient (Wildman–Crippen LogP) is 2.31. The van der Waals surface area contributed by atoms with Crippen molar-refractivity contribution in [1.82, 2.24) is 9.97 Å². The van der Waals surface area contributed by atoms with Crippen molar-refractivity contribution in [3.63, 3.8) is 0 Å². The van der Waals surface area contributed by atoms with E-state index < -0.39 is 4.92 Å². The summed E-state index contributed by atoms with van der Waals surface area (Å²) < 4.78 is 0. The Bertz CT molecular complexity index is 643. The number of nitro benzene ring substituents is 1. The van der Waals surface area contributed by atoms with Crippen molar-refractivity contribution in [1.29, 1.82) is 0 Å². The Labute approximate surface area is 119 Å². The Morgan fingerprint density at radius 2 is 1.90 bits per heavy atom. The predicted molar refractivity (Wildman–Crippen MR) is 72.9 cm³/mol. The van der Waals surface area contributed by atoms with Crippen molar-refractivity contribution in [3.8, 4) is 0 Å². The van der Waals surface area contributed by atoms with Crippen LogP contribution in [0.2, 0.25) is 5.15 Å². The van der Waals surface area contributed by atoms with Crippen LogP contribution in [0, 0.1) is 10.1 Å². The van der Waals surface area contributed by atoms with Gasteiger partial charge in [-0.2, -0.15) is 0 Å². The normalized spacial score (nSPS) is 10.1. The number of anilines is 1. The van der Waals surface area contributed by atoms with Gasteiger partial charge in [-0.1, -0.05) is 11.6 Å². The maximum Gasteiger partial charge on any atom is 0.278 e. The van der Waals surface area contributed by atoms with Crippen LogP contribution in [-0.4, -0.2) is 27.8 Å². The summed E-state index contributed by atoms with van der Waals surface area (Å²) >= 11 is 5.60. The lowest BCUT2D eigenvalue weighted by Crippen LogP contribution is -2.27. The lowest BCUT2D eigenvalue weighted by atomic mass is 10.2. The minimum atomic E-state index is -0.504. The summed E-state index contributed by atoms with van der Waals surface area (Å²) in [6.45, 7) is 0. The number of benzene rings is 1. The van der Waals surface area contributed by atoms with E-state index in [-0.39, 0.29) is 22.4 Å². The first kappa shape index (κ1) is 13.9. The van der Waals surface area contributed by atoms with Gasteiger partial charge in [-0.25, -0.2) is 9.97 Å². The van der Waals surface area contributed by atoms with Gasteiger partial charge >= 0.3 is 0 Å². The first-order valence-electron chi connectivity index (χ1n) is 5.49. The number of nitrogens with zero attached hydrogens (tertiary/aromatic N) is 4. The van der Waals surface area contributed by atoms with E-state index in [4.69, 9.17) is 11.6 Å². The Hall–Kier alpha value is -2.54. The topological polar surface area (TPSA) is 89.2 Å². The van der Waals surface area contributed by atoms with E-state index in [9.17, 15) is 14.9 Å². The summed E-state index contributed by atoms with van der Waals surface area (Å²) in [5, 5.41) is 10.8. The second-order valence-corrected chi connectivity index (χ2v) is 4.25. The van der Waals surface area contributed by atoms with Crippen molar-refractivity contribution in [2.24, 2.45) is 0 Å². The van der Waals surface area contributed by atoms with Crippen LogP contribution >= 0.6 is 11.6 Å². The Balaban J connectivity index is 2.22. The maximum absolute atomic E-state index is 12.1. The molecule has 1 aromatic carbocycles. The van der Waals surface area contributed by atoms with Crippen molar-refractivity contribution in [3.05, 3.63) is 57.6 Å². The van der Waals surface area contributed by atoms with E-state index >= 15 is 0 Å². The van der Waals surface area contributed by atoms with Crippen molar-refractivity contribution in [2.45, 2.75) is 0 Å². The molecule has 2 aromatic rings. The molecule has 7 nitrogen and oxygen atoms in total. The second kappa shape index (κ2) is 5.62. The number of amides is 1. The highest BCUT2D eigenvalue weighted by molar-refractivity contribution is 6.29. The molecule has 102 valence electrons. The fraction of sp³-hybridized carbons (Fsp3) is 0.0833. The Morgan fingerprint density at radius 3 is 2.40 bits per heavy atom. The summed E-state index contributed by atoms with van der Waals surface area (Å²) in [7, 11) is 1.54. The zero-order chi connectivity index (χ0) is 14.7. The summed E-state index contributed by atoms with van der Waals surface area (Å²) in [6.07, 6.45) is 2.55. The number of nitro groups is 1. The van der Waals surface area contributed by atoms with E-state index in [0.717, 1.165) is 0 Å². The van der Waals surface area contributed by atoms with E-state index in [1.54, 1.807) is 7.05 Å². The molecule has 0 unspecified atom stereocenters. The van der Waals surface area contributed by atoms with E-state index in [0.29, 0.717) is 5.69 Å². The first-order valence-corrected chi connectivity index (χ1v) is 5.87.